The lowest BCUT2D eigenvalue weighted by Crippen LogP contribution is -2.10. The van der Waals surface area contributed by atoms with Crippen LogP contribution in [0.4, 0.5) is 0 Å². The Kier molecular flexibility index (Phi) is 3.39. The number of hydrogen-bond donors (Lipinski definition) is 1. The van der Waals surface area contributed by atoms with Crippen LogP contribution in [0.25, 0.3) is 0 Å². The van der Waals surface area contributed by atoms with Gasteiger partial charge in [0.2, 0.25) is 0 Å². The molecule has 0 spiro atoms. The second-order valence-electron chi connectivity index (χ2n) is 3.91. The number of nitrogens with zero attached hydrogens (tertiary/aromatic N) is 3. The maximum Gasteiger partial charge on any atom is 0.251 e. The Morgan fingerprint density at radius 1 is 1.44 bits per heavy atom. The van der Waals surface area contributed by atoms with Gasteiger partial charge in [-0.3, -0.25) is 9.48 Å². The average Bonchev–Trinajstić information content (AvgIpc) is 2.86. The van der Waals surface area contributed by atoms with Crippen molar-refractivity contribution >= 4 is 5.91 Å². The molecule has 1 aromatic carbocycles. The monoisotopic (exact) mass is 240 g/mol. The van der Waals surface area contributed by atoms with Crippen LogP contribution in [0, 0.1) is 11.3 Å². The molecule has 0 saturated heterocycles. The van der Waals surface area contributed by atoms with Gasteiger partial charge in [-0.05, 0) is 5.56 Å². The lowest BCUT2D eigenvalue weighted by Gasteiger charge is -2.09. The summed E-state index contributed by atoms with van der Waals surface area (Å²) < 4.78 is 1.56. The van der Waals surface area contributed by atoms with Crippen LogP contribution in [0.5, 0.6) is 0 Å². The summed E-state index contributed by atoms with van der Waals surface area (Å²) in [5, 5.41) is 13.2. The molecule has 1 amide bonds. The summed E-state index contributed by atoms with van der Waals surface area (Å²) in [6, 6.07) is 11.7. The molecule has 2 rings (SSSR count). The first-order valence-corrected chi connectivity index (χ1v) is 5.47. The molecule has 18 heavy (non-hydrogen) atoms. The molecular formula is C13H12N4O. The molecule has 0 aliphatic rings. The summed E-state index contributed by atoms with van der Waals surface area (Å²) >= 11 is 0. The van der Waals surface area contributed by atoms with E-state index in [1.807, 2.05) is 30.3 Å². The number of rotatable bonds is 4. The summed E-state index contributed by atoms with van der Waals surface area (Å²) in [5.74, 6) is -0.818. The molecule has 1 atom stereocenters. The van der Waals surface area contributed by atoms with Gasteiger partial charge in [-0.2, -0.15) is 10.4 Å². The van der Waals surface area contributed by atoms with Gasteiger partial charge in [-0.1, -0.05) is 30.3 Å². The van der Waals surface area contributed by atoms with Gasteiger partial charge in [-0.15, -0.1) is 0 Å². The maximum atomic E-state index is 10.9. The van der Waals surface area contributed by atoms with Crippen molar-refractivity contribution in [2.24, 2.45) is 5.73 Å². The third kappa shape index (κ3) is 2.55. The van der Waals surface area contributed by atoms with Crippen molar-refractivity contribution < 1.29 is 4.79 Å². The van der Waals surface area contributed by atoms with Gasteiger partial charge in [0.1, 0.15) is 0 Å². The van der Waals surface area contributed by atoms with Crippen molar-refractivity contribution in [3.63, 3.8) is 0 Å². The van der Waals surface area contributed by atoms with E-state index in [4.69, 9.17) is 5.73 Å². The van der Waals surface area contributed by atoms with Gasteiger partial charge in [0.15, 0.2) is 0 Å². The van der Waals surface area contributed by atoms with E-state index >= 15 is 0 Å². The molecule has 1 aromatic heterocycles. The van der Waals surface area contributed by atoms with Crippen LogP contribution >= 0.6 is 0 Å². The Hall–Kier alpha value is -2.61. The first kappa shape index (κ1) is 11.9. The summed E-state index contributed by atoms with van der Waals surface area (Å²) in [6.45, 7) is 0.397. The van der Waals surface area contributed by atoms with Crippen molar-refractivity contribution in [2.75, 3.05) is 0 Å². The number of benzene rings is 1. The third-order valence-electron chi connectivity index (χ3n) is 2.65. The number of hydrogen-bond acceptors (Lipinski definition) is 3. The highest BCUT2D eigenvalue weighted by Gasteiger charge is 2.12. The number of amides is 1. The Morgan fingerprint density at radius 2 is 2.17 bits per heavy atom. The highest BCUT2D eigenvalue weighted by molar-refractivity contribution is 5.92. The summed E-state index contributed by atoms with van der Waals surface area (Å²) in [4.78, 5) is 10.9. The molecular weight excluding hydrogens is 228 g/mol. The fraction of sp³-hybridized carbons (Fsp3) is 0.154. The molecule has 0 bridgehead atoms. The highest BCUT2D eigenvalue weighted by atomic mass is 16.1. The average molecular weight is 240 g/mol. The number of nitriles is 1. The first-order valence-electron chi connectivity index (χ1n) is 5.47. The minimum atomic E-state index is -0.519. The van der Waals surface area contributed by atoms with Crippen LogP contribution in [0.3, 0.4) is 0 Å². The smallest absolute Gasteiger partial charge is 0.251 e. The summed E-state index contributed by atoms with van der Waals surface area (Å²) in [6.07, 6.45) is 2.96. The molecule has 90 valence electrons. The van der Waals surface area contributed by atoms with Crippen molar-refractivity contribution in [2.45, 2.75) is 12.5 Å². The van der Waals surface area contributed by atoms with E-state index in [0.717, 1.165) is 5.56 Å². The van der Waals surface area contributed by atoms with Gasteiger partial charge in [0.25, 0.3) is 5.91 Å². The molecule has 0 saturated carbocycles. The Bertz CT molecular complexity index is 583. The van der Waals surface area contributed by atoms with E-state index < -0.39 is 5.91 Å². The zero-order valence-corrected chi connectivity index (χ0v) is 9.65. The van der Waals surface area contributed by atoms with Gasteiger partial charge >= 0.3 is 0 Å². The molecule has 5 heteroatoms. The predicted octanol–water partition coefficient (Wildman–Crippen LogP) is 1.29. The van der Waals surface area contributed by atoms with E-state index in [-0.39, 0.29) is 5.92 Å². The van der Waals surface area contributed by atoms with Gasteiger partial charge in [0.05, 0.1) is 30.3 Å². The largest absolute Gasteiger partial charge is 0.366 e. The minimum absolute atomic E-state index is 0.299. The predicted molar refractivity (Wildman–Crippen MR) is 65.5 cm³/mol. The molecule has 1 unspecified atom stereocenters. The summed E-state index contributed by atoms with van der Waals surface area (Å²) in [5.41, 5.74) is 6.42. The Balaban J connectivity index is 2.16. The highest BCUT2D eigenvalue weighted by Crippen LogP contribution is 2.16. The molecule has 0 aliphatic carbocycles. The van der Waals surface area contributed by atoms with Crippen molar-refractivity contribution in [3.05, 3.63) is 53.9 Å². The van der Waals surface area contributed by atoms with Crippen LogP contribution in [0.1, 0.15) is 21.8 Å². The molecule has 2 aromatic rings. The first-order chi connectivity index (χ1) is 8.70. The van der Waals surface area contributed by atoms with E-state index in [2.05, 4.69) is 11.2 Å². The quantitative estimate of drug-likeness (QED) is 0.873. The molecule has 0 radical (unpaired) electrons. The van der Waals surface area contributed by atoms with E-state index in [1.54, 1.807) is 10.9 Å². The van der Waals surface area contributed by atoms with Gasteiger partial charge in [0, 0.05) is 6.20 Å². The summed E-state index contributed by atoms with van der Waals surface area (Å²) in [7, 11) is 0. The third-order valence-corrected chi connectivity index (χ3v) is 2.65. The lowest BCUT2D eigenvalue weighted by atomic mass is 10.0. The number of carbonyl (C=O) groups is 1. The number of primary amides is 1. The Labute approximate surface area is 104 Å². The zero-order chi connectivity index (χ0) is 13.0. The molecule has 5 nitrogen and oxygen atoms in total. The topological polar surface area (TPSA) is 84.7 Å². The molecule has 1 heterocycles. The van der Waals surface area contributed by atoms with Gasteiger partial charge < -0.3 is 5.73 Å². The van der Waals surface area contributed by atoms with Crippen LogP contribution in [0.2, 0.25) is 0 Å². The second kappa shape index (κ2) is 5.15. The van der Waals surface area contributed by atoms with E-state index in [0.29, 0.717) is 12.1 Å². The van der Waals surface area contributed by atoms with Crippen LogP contribution in [0.15, 0.2) is 42.7 Å². The number of carbonyl (C=O) groups excluding carboxylic acids is 1. The van der Waals surface area contributed by atoms with E-state index in [1.165, 1.54) is 6.20 Å². The normalized spacial score (nSPS) is 11.7. The van der Waals surface area contributed by atoms with Gasteiger partial charge in [-0.25, -0.2) is 0 Å². The van der Waals surface area contributed by atoms with Crippen LogP contribution in [-0.4, -0.2) is 15.7 Å². The number of aromatic nitrogens is 2. The Morgan fingerprint density at radius 3 is 2.72 bits per heavy atom. The van der Waals surface area contributed by atoms with Crippen LogP contribution in [-0.2, 0) is 6.54 Å². The van der Waals surface area contributed by atoms with Crippen molar-refractivity contribution in [3.8, 4) is 6.07 Å². The van der Waals surface area contributed by atoms with Crippen molar-refractivity contribution in [1.82, 2.24) is 9.78 Å². The van der Waals surface area contributed by atoms with E-state index in [9.17, 15) is 10.1 Å². The van der Waals surface area contributed by atoms with Crippen molar-refractivity contribution in [1.29, 1.82) is 5.26 Å². The molecule has 0 aliphatic heterocycles. The second-order valence-corrected chi connectivity index (χ2v) is 3.91. The number of nitrogens with two attached hydrogens (primary N) is 1. The standard InChI is InChI=1S/C13H12N4O/c14-6-11(10-4-2-1-3-5-10)8-17-9-12(7-16-17)13(15)18/h1-5,7,9,11H,8H2,(H2,15,18). The molecule has 2 N–H and O–H groups in total. The fourth-order valence-electron chi connectivity index (χ4n) is 1.68. The lowest BCUT2D eigenvalue weighted by molar-refractivity contribution is 0.1000. The van der Waals surface area contributed by atoms with Crippen LogP contribution < -0.4 is 5.73 Å². The fourth-order valence-corrected chi connectivity index (χ4v) is 1.68. The SMILES string of the molecule is N#CC(Cn1cc(C(N)=O)cn1)c1ccccc1. The molecule has 0 fully saturated rings. The minimum Gasteiger partial charge on any atom is -0.366 e. The maximum absolute atomic E-state index is 10.9. The zero-order valence-electron chi connectivity index (χ0n) is 9.65.